The van der Waals surface area contributed by atoms with E-state index in [-0.39, 0.29) is 17.0 Å². The molecule has 0 atom stereocenters. The van der Waals surface area contributed by atoms with E-state index >= 15 is 0 Å². The minimum atomic E-state index is 0. The zero-order chi connectivity index (χ0) is 7.66. The van der Waals surface area contributed by atoms with Crippen LogP contribution in [0.15, 0.2) is 0 Å². The summed E-state index contributed by atoms with van der Waals surface area (Å²) < 4.78 is 0. The topological polar surface area (TPSA) is 0 Å². The van der Waals surface area contributed by atoms with Crippen LogP contribution in [0, 0.1) is 0 Å². The Hall–Kier alpha value is 0.480. The van der Waals surface area contributed by atoms with Gasteiger partial charge in [-0.1, -0.05) is 65.2 Å². The van der Waals surface area contributed by atoms with Gasteiger partial charge in [0.1, 0.15) is 0 Å². The van der Waals surface area contributed by atoms with E-state index in [2.05, 4.69) is 13.8 Å². The molecule has 0 fully saturated rings. The Bertz CT molecular complexity index is 44.8. The van der Waals surface area contributed by atoms with Crippen molar-refractivity contribution in [3.05, 3.63) is 0 Å². The fourth-order valence-corrected chi connectivity index (χ4v) is 1.21. The summed E-state index contributed by atoms with van der Waals surface area (Å²) in [6.45, 7) is 4.54. The molecule has 0 saturated heterocycles. The lowest BCUT2D eigenvalue weighted by molar-refractivity contribution is 0.585. The molecule has 0 unspecified atom stereocenters. The van der Waals surface area contributed by atoms with Crippen LogP contribution in [0.2, 0.25) is 0 Å². The Morgan fingerprint density at radius 3 is 1.09 bits per heavy atom. The SMILES string of the molecule is Br.CCCCCCCCCC. The van der Waals surface area contributed by atoms with E-state index < -0.39 is 0 Å². The summed E-state index contributed by atoms with van der Waals surface area (Å²) in [7, 11) is 0. The minimum Gasteiger partial charge on any atom is -0.114 e. The van der Waals surface area contributed by atoms with Gasteiger partial charge in [0.05, 0.1) is 0 Å². The first-order valence-electron chi connectivity index (χ1n) is 4.91. The van der Waals surface area contributed by atoms with Gasteiger partial charge in [-0.15, -0.1) is 17.0 Å². The summed E-state index contributed by atoms with van der Waals surface area (Å²) >= 11 is 0. The average Bonchev–Trinajstić information content (AvgIpc) is 1.97. The van der Waals surface area contributed by atoms with Crippen molar-refractivity contribution >= 4 is 17.0 Å². The quantitative estimate of drug-likeness (QED) is 0.547. The molecule has 0 amide bonds. The van der Waals surface area contributed by atoms with Crippen LogP contribution in [0.5, 0.6) is 0 Å². The van der Waals surface area contributed by atoms with Gasteiger partial charge in [-0.05, 0) is 0 Å². The number of hydrogen-bond donors (Lipinski definition) is 0. The van der Waals surface area contributed by atoms with Gasteiger partial charge < -0.3 is 0 Å². The van der Waals surface area contributed by atoms with Gasteiger partial charge in [0.25, 0.3) is 0 Å². The van der Waals surface area contributed by atoms with Crippen LogP contribution in [0.1, 0.15) is 65.2 Å². The zero-order valence-electron chi connectivity index (χ0n) is 8.07. The van der Waals surface area contributed by atoms with E-state index in [9.17, 15) is 0 Å². The van der Waals surface area contributed by atoms with Crippen LogP contribution in [0.4, 0.5) is 0 Å². The van der Waals surface area contributed by atoms with Gasteiger partial charge in [-0.2, -0.15) is 0 Å². The summed E-state index contributed by atoms with van der Waals surface area (Å²) in [4.78, 5) is 0. The van der Waals surface area contributed by atoms with Crippen LogP contribution in [-0.2, 0) is 0 Å². The lowest BCUT2D eigenvalue weighted by atomic mass is 10.1. The Labute approximate surface area is 82.5 Å². The first-order chi connectivity index (χ1) is 4.91. The second-order valence-corrected chi connectivity index (χ2v) is 3.12. The second kappa shape index (κ2) is 13.1. The van der Waals surface area contributed by atoms with E-state index in [0.717, 1.165) is 0 Å². The molecule has 0 aromatic carbocycles. The largest absolute Gasteiger partial charge is 0.114 e. The summed E-state index contributed by atoms with van der Waals surface area (Å²) in [6.07, 6.45) is 11.5. The highest BCUT2D eigenvalue weighted by Crippen LogP contribution is 2.07. The zero-order valence-corrected chi connectivity index (χ0v) is 9.78. The molecular weight excluding hydrogens is 200 g/mol. The van der Waals surface area contributed by atoms with E-state index in [0.29, 0.717) is 0 Å². The predicted molar refractivity (Wildman–Crippen MR) is 58.6 cm³/mol. The van der Waals surface area contributed by atoms with E-state index in [1.807, 2.05) is 0 Å². The predicted octanol–water partition coefficient (Wildman–Crippen LogP) is 4.72. The lowest BCUT2D eigenvalue weighted by Gasteiger charge is -1.97. The van der Waals surface area contributed by atoms with Gasteiger partial charge in [0.15, 0.2) is 0 Å². The molecule has 0 aliphatic carbocycles. The standard InChI is InChI=1S/C10H22.BrH/c1-3-5-7-9-10-8-6-4-2;/h3-10H2,1-2H3;1H. The van der Waals surface area contributed by atoms with Crippen molar-refractivity contribution in [1.29, 1.82) is 0 Å². The van der Waals surface area contributed by atoms with Crippen LogP contribution in [-0.4, -0.2) is 0 Å². The minimum absolute atomic E-state index is 0. The molecule has 0 bridgehead atoms. The number of halogens is 1. The molecule has 0 radical (unpaired) electrons. The molecular formula is C10H23Br. The third-order valence-electron chi connectivity index (χ3n) is 1.96. The summed E-state index contributed by atoms with van der Waals surface area (Å²) in [5, 5.41) is 0. The second-order valence-electron chi connectivity index (χ2n) is 3.12. The Balaban J connectivity index is 0. The highest BCUT2D eigenvalue weighted by Gasteiger charge is 1.87. The molecule has 0 rings (SSSR count). The van der Waals surface area contributed by atoms with Crippen molar-refractivity contribution in [2.75, 3.05) is 0 Å². The van der Waals surface area contributed by atoms with Crippen molar-refractivity contribution < 1.29 is 0 Å². The molecule has 11 heavy (non-hydrogen) atoms. The Morgan fingerprint density at radius 1 is 0.545 bits per heavy atom. The van der Waals surface area contributed by atoms with Gasteiger partial charge in [-0.25, -0.2) is 0 Å². The van der Waals surface area contributed by atoms with Gasteiger partial charge in [0.2, 0.25) is 0 Å². The summed E-state index contributed by atoms with van der Waals surface area (Å²) in [6, 6.07) is 0. The molecule has 0 aromatic heterocycles. The van der Waals surface area contributed by atoms with Crippen LogP contribution in [0.3, 0.4) is 0 Å². The van der Waals surface area contributed by atoms with Crippen molar-refractivity contribution in [2.45, 2.75) is 65.2 Å². The summed E-state index contributed by atoms with van der Waals surface area (Å²) in [5.41, 5.74) is 0. The van der Waals surface area contributed by atoms with E-state index in [1.165, 1.54) is 51.4 Å². The Morgan fingerprint density at radius 2 is 0.818 bits per heavy atom. The van der Waals surface area contributed by atoms with Crippen LogP contribution in [0.25, 0.3) is 0 Å². The molecule has 0 aliphatic rings. The Kier molecular flexibility index (Phi) is 16.7. The third kappa shape index (κ3) is 13.5. The molecule has 0 spiro atoms. The van der Waals surface area contributed by atoms with Crippen molar-refractivity contribution in [1.82, 2.24) is 0 Å². The average molecular weight is 223 g/mol. The first kappa shape index (κ1) is 14.0. The van der Waals surface area contributed by atoms with Crippen LogP contribution >= 0.6 is 17.0 Å². The maximum Gasteiger partial charge on any atom is -0.0533 e. The van der Waals surface area contributed by atoms with E-state index in [1.54, 1.807) is 0 Å². The lowest BCUT2D eigenvalue weighted by Crippen LogP contribution is -1.77. The molecule has 70 valence electrons. The van der Waals surface area contributed by atoms with Crippen molar-refractivity contribution in [2.24, 2.45) is 0 Å². The molecule has 0 aromatic rings. The van der Waals surface area contributed by atoms with Crippen LogP contribution < -0.4 is 0 Å². The molecule has 1 heteroatoms. The smallest absolute Gasteiger partial charge is 0.0533 e. The van der Waals surface area contributed by atoms with Gasteiger partial charge >= 0.3 is 0 Å². The monoisotopic (exact) mass is 222 g/mol. The van der Waals surface area contributed by atoms with E-state index in [4.69, 9.17) is 0 Å². The molecule has 0 heterocycles. The fourth-order valence-electron chi connectivity index (χ4n) is 1.21. The maximum absolute atomic E-state index is 2.27. The molecule has 0 saturated carbocycles. The first-order valence-corrected chi connectivity index (χ1v) is 4.91. The number of unbranched alkanes of at least 4 members (excludes halogenated alkanes) is 7. The summed E-state index contributed by atoms with van der Waals surface area (Å²) in [5.74, 6) is 0. The molecule has 0 aliphatic heterocycles. The highest BCUT2D eigenvalue weighted by molar-refractivity contribution is 8.93. The van der Waals surface area contributed by atoms with Crippen molar-refractivity contribution in [3.63, 3.8) is 0 Å². The van der Waals surface area contributed by atoms with Crippen molar-refractivity contribution in [3.8, 4) is 0 Å². The highest BCUT2D eigenvalue weighted by atomic mass is 79.9. The number of hydrogen-bond acceptors (Lipinski definition) is 0. The normalized spacial score (nSPS) is 9.27. The number of rotatable bonds is 7. The third-order valence-corrected chi connectivity index (χ3v) is 1.96. The molecule has 0 N–H and O–H groups in total. The molecule has 0 nitrogen and oxygen atoms in total. The van der Waals surface area contributed by atoms with Gasteiger partial charge in [-0.3, -0.25) is 0 Å². The fraction of sp³-hybridized carbons (Fsp3) is 1.00. The maximum atomic E-state index is 2.27. The van der Waals surface area contributed by atoms with Gasteiger partial charge in [0, 0.05) is 0 Å².